The molecule has 1 aromatic carbocycles. The zero-order valence-corrected chi connectivity index (χ0v) is 14.4. The molecule has 0 saturated heterocycles. The van der Waals surface area contributed by atoms with Gasteiger partial charge in [0.1, 0.15) is 5.25 Å². The molecular formula is C16H19N3O4S. The highest BCUT2D eigenvalue weighted by Crippen LogP contribution is 2.40. The second kappa shape index (κ2) is 5.47. The molecular weight excluding hydrogens is 330 g/mol. The van der Waals surface area contributed by atoms with E-state index < -0.39 is 15.1 Å². The van der Waals surface area contributed by atoms with E-state index in [-0.39, 0.29) is 12.5 Å². The van der Waals surface area contributed by atoms with Gasteiger partial charge >= 0.3 is 0 Å². The molecule has 7 nitrogen and oxygen atoms in total. The number of hydrogen-bond acceptors (Lipinski definition) is 6. The highest BCUT2D eigenvalue weighted by Gasteiger charge is 2.33. The van der Waals surface area contributed by atoms with Crippen molar-refractivity contribution in [2.24, 2.45) is 0 Å². The Kier molecular flexibility index (Phi) is 3.52. The van der Waals surface area contributed by atoms with Gasteiger partial charge < -0.3 is 9.47 Å². The molecule has 2 heterocycles. The van der Waals surface area contributed by atoms with Crippen molar-refractivity contribution in [2.75, 3.05) is 12.5 Å². The van der Waals surface area contributed by atoms with E-state index in [1.807, 2.05) is 12.1 Å². The van der Waals surface area contributed by atoms with E-state index in [1.54, 1.807) is 24.6 Å². The SMILES string of the molecule is CCS(=O)(=O)[C@@H](C)c1nc(C2CC2)nn1-c1ccc2c(c1)OCO2. The van der Waals surface area contributed by atoms with Crippen LogP contribution in [-0.2, 0) is 9.84 Å². The lowest BCUT2D eigenvalue weighted by molar-refractivity contribution is 0.174. The van der Waals surface area contributed by atoms with Crippen molar-refractivity contribution < 1.29 is 17.9 Å². The van der Waals surface area contributed by atoms with E-state index in [1.165, 1.54) is 0 Å². The second-order valence-electron chi connectivity index (χ2n) is 6.15. The van der Waals surface area contributed by atoms with E-state index in [0.29, 0.717) is 23.2 Å². The van der Waals surface area contributed by atoms with E-state index in [2.05, 4.69) is 10.1 Å². The van der Waals surface area contributed by atoms with Crippen LogP contribution in [-0.4, -0.2) is 35.7 Å². The fourth-order valence-electron chi connectivity index (χ4n) is 2.74. The van der Waals surface area contributed by atoms with Gasteiger partial charge in [-0.1, -0.05) is 6.92 Å². The number of sulfone groups is 1. The van der Waals surface area contributed by atoms with Crippen molar-refractivity contribution in [1.82, 2.24) is 14.8 Å². The van der Waals surface area contributed by atoms with E-state index >= 15 is 0 Å². The van der Waals surface area contributed by atoms with E-state index in [9.17, 15) is 8.42 Å². The standard InChI is InChI=1S/C16H19N3O4S/c1-3-24(20,21)10(2)16-17-15(11-4-5-11)18-19(16)12-6-7-13-14(8-12)23-9-22-13/h6-8,10-11H,3-5,9H2,1-2H3/t10-/m0/s1. The average molecular weight is 349 g/mol. The number of fused-ring (bicyclic) bond motifs is 1. The molecule has 0 unspecified atom stereocenters. The Hall–Kier alpha value is -2.09. The largest absolute Gasteiger partial charge is 0.454 e. The lowest BCUT2D eigenvalue weighted by Crippen LogP contribution is -2.17. The Morgan fingerprint density at radius 2 is 2.04 bits per heavy atom. The fourth-order valence-corrected chi connectivity index (χ4v) is 3.71. The van der Waals surface area contributed by atoms with E-state index in [0.717, 1.165) is 24.4 Å². The minimum absolute atomic E-state index is 0.0704. The van der Waals surface area contributed by atoms with Gasteiger partial charge in [0.2, 0.25) is 6.79 Å². The zero-order valence-electron chi connectivity index (χ0n) is 13.6. The molecule has 1 saturated carbocycles. The number of rotatable bonds is 5. The van der Waals surface area contributed by atoms with Crippen LogP contribution < -0.4 is 9.47 Å². The summed E-state index contributed by atoms with van der Waals surface area (Å²) in [6.45, 7) is 3.51. The van der Waals surface area contributed by atoms with Crippen LogP contribution in [0.2, 0.25) is 0 Å². The summed E-state index contributed by atoms with van der Waals surface area (Å²) in [7, 11) is -3.26. The molecule has 24 heavy (non-hydrogen) atoms. The van der Waals surface area contributed by atoms with Crippen LogP contribution in [0.3, 0.4) is 0 Å². The maximum Gasteiger partial charge on any atom is 0.231 e. The smallest absolute Gasteiger partial charge is 0.231 e. The first-order valence-electron chi connectivity index (χ1n) is 8.08. The normalized spacial score (nSPS) is 17.9. The molecule has 2 aliphatic rings. The Balaban J connectivity index is 1.82. The molecule has 0 bridgehead atoms. The van der Waals surface area contributed by atoms with Gasteiger partial charge in [-0.25, -0.2) is 18.1 Å². The number of ether oxygens (including phenoxy) is 2. The van der Waals surface area contributed by atoms with Crippen LogP contribution in [0.5, 0.6) is 11.5 Å². The van der Waals surface area contributed by atoms with Crippen LogP contribution in [0.25, 0.3) is 5.69 Å². The van der Waals surface area contributed by atoms with Crippen molar-refractivity contribution in [2.45, 2.75) is 37.9 Å². The summed E-state index contributed by atoms with van der Waals surface area (Å²) < 4.78 is 37.1. The first-order chi connectivity index (χ1) is 11.5. The molecule has 0 spiro atoms. The molecule has 0 amide bonds. The summed E-state index contributed by atoms with van der Waals surface area (Å²) >= 11 is 0. The number of aromatic nitrogens is 3. The summed E-state index contributed by atoms with van der Waals surface area (Å²) in [6, 6.07) is 5.45. The molecule has 0 radical (unpaired) electrons. The van der Waals surface area contributed by atoms with Gasteiger partial charge in [-0.05, 0) is 31.9 Å². The summed E-state index contributed by atoms with van der Waals surface area (Å²) in [5, 5.41) is 3.87. The second-order valence-corrected chi connectivity index (χ2v) is 8.76. The molecule has 0 N–H and O–H groups in total. The molecule has 1 atom stereocenters. The summed E-state index contributed by atoms with van der Waals surface area (Å²) in [6.07, 6.45) is 2.11. The van der Waals surface area contributed by atoms with Crippen LogP contribution in [0.4, 0.5) is 0 Å². The Labute approximate surface area is 140 Å². The monoisotopic (exact) mass is 349 g/mol. The van der Waals surface area contributed by atoms with Crippen molar-refractivity contribution in [3.05, 3.63) is 29.8 Å². The summed E-state index contributed by atoms with van der Waals surface area (Å²) in [5.41, 5.74) is 0.729. The van der Waals surface area contributed by atoms with Gasteiger partial charge in [0, 0.05) is 17.7 Å². The zero-order chi connectivity index (χ0) is 16.9. The van der Waals surface area contributed by atoms with Gasteiger partial charge in [0.15, 0.2) is 33.0 Å². The lowest BCUT2D eigenvalue weighted by atomic mass is 10.2. The lowest BCUT2D eigenvalue weighted by Gasteiger charge is -2.12. The molecule has 1 aliphatic carbocycles. The van der Waals surface area contributed by atoms with Crippen LogP contribution in [0, 0.1) is 0 Å². The fraction of sp³-hybridized carbons (Fsp3) is 0.500. The van der Waals surface area contributed by atoms with Gasteiger partial charge in [0.05, 0.1) is 5.69 Å². The third-order valence-corrected chi connectivity index (χ3v) is 6.59. The minimum atomic E-state index is -3.26. The third-order valence-electron chi connectivity index (χ3n) is 4.50. The van der Waals surface area contributed by atoms with Crippen LogP contribution >= 0.6 is 0 Å². The maximum absolute atomic E-state index is 12.3. The number of hydrogen-bond donors (Lipinski definition) is 0. The predicted octanol–water partition coefficient (Wildman–Crippen LogP) is 2.37. The summed E-state index contributed by atoms with van der Waals surface area (Å²) in [4.78, 5) is 4.56. The van der Waals surface area contributed by atoms with Gasteiger partial charge in [-0.3, -0.25) is 0 Å². The highest BCUT2D eigenvalue weighted by molar-refractivity contribution is 7.91. The predicted molar refractivity (Wildman–Crippen MR) is 87.3 cm³/mol. The van der Waals surface area contributed by atoms with Crippen molar-refractivity contribution in [1.29, 1.82) is 0 Å². The third kappa shape index (κ3) is 2.54. The number of benzene rings is 1. The van der Waals surface area contributed by atoms with Crippen LogP contribution in [0.15, 0.2) is 18.2 Å². The summed E-state index contributed by atoms with van der Waals surface area (Å²) in [5.74, 6) is 2.90. The van der Waals surface area contributed by atoms with Crippen LogP contribution in [0.1, 0.15) is 49.5 Å². The molecule has 4 rings (SSSR count). The first kappa shape index (κ1) is 15.4. The molecule has 1 aromatic heterocycles. The van der Waals surface area contributed by atoms with Gasteiger partial charge in [-0.15, -0.1) is 0 Å². The Morgan fingerprint density at radius 3 is 2.75 bits per heavy atom. The van der Waals surface area contributed by atoms with Crippen molar-refractivity contribution in [3.63, 3.8) is 0 Å². The average Bonchev–Trinajstić information content (AvgIpc) is 3.17. The van der Waals surface area contributed by atoms with Crippen molar-refractivity contribution >= 4 is 9.84 Å². The topological polar surface area (TPSA) is 83.3 Å². The quantitative estimate of drug-likeness (QED) is 0.824. The molecule has 2 aromatic rings. The Morgan fingerprint density at radius 1 is 1.29 bits per heavy atom. The maximum atomic E-state index is 12.3. The van der Waals surface area contributed by atoms with Gasteiger partial charge in [-0.2, -0.15) is 5.10 Å². The van der Waals surface area contributed by atoms with Crippen molar-refractivity contribution in [3.8, 4) is 17.2 Å². The number of nitrogens with zero attached hydrogens (tertiary/aromatic N) is 3. The molecule has 8 heteroatoms. The highest BCUT2D eigenvalue weighted by atomic mass is 32.2. The molecule has 1 fully saturated rings. The van der Waals surface area contributed by atoms with E-state index in [4.69, 9.17) is 9.47 Å². The molecule has 1 aliphatic heterocycles. The minimum Gasteiger partial charge on any atom is -0.454 e. The molecule has 128 valence electrons. The van der Waals surface area contributed by atoms with Gasteiger partial charge in [0.25, 0.3) is 0 Å². The first-order valence-corrected chi connectivity index (χ1v) is 9.79. The Bertz CT molecular complexity index is 887.